The van der Waals surface area contributed by atoms with Gasteiger partial charge in [0, 0.05) is 6.04 Å². The van der Waals surface area contributed by atoms with Gasteiger partial charge in [0.1, 0.15) is 0 Å². The Morgan fingerprint density at radius 2 is 2.11 bits per heavy atom. The summed E-state index contributed by atoms with van der Waals surface area (Å²) in [6.07, 6.45) is 3.27. The number of halogens is 2. The molecule has 1 N–H and O–H groups in total. The molecule has 3 nitrogen and oxygen atoms in total. The molecular weight excluding hydrogens is 240 g/mol. The van der Waals surface area contributed by atoms with Gasteiger partial charge in [0.15, 0.2) is 11.5 Å². The fraction of sp³-hybridized carbons (Fsp3) is 0.538. The van der Waals surface area contributed by atoms with Gasteiger partial charge in [0.2, 0.25) is 0 Å². The van der Waals surface area contributed by atoms with Crippen molar-refractivity contribution in [3.05, 3.63) is 23.8 Å². The Morgan fingerprint density at radius 1 is 1.33 bits per heavy atom. The molecule has 0 heterocycles. The molecule has 1 fully saturated rings. The first-order chi connectivity index (χ1) is 8.69. The summed E-state index contributed by atoms with van der Waals surface area (Å²) in [6.45, 7) is -1.98. The Hall–Kier alpha value is -1.36. The third-order valence-corrected chi connectivity index (χ3v) is 2.87. The van der Waals surface area contributed by atoms with Crippen molar-refractivity contribution in [1.82, 2.24) is 5.32 Å². The van der Waals surface area contributed by atoms with E-state index in [1.54, 1.807) is 12.1 Å². The van der Waals surface area contributed by atoms with Gasteiger partial charge >= 0.3 is 6.61 Å². The molecule has 0 bridgehead atoms. The van der Waals surface area contributed by atoms with Crippen molar-refractivity contribution in [3.63, 3.8) is 0 Å². The highest BCUT2D eigenvalue weighted by molar-refractivity contribution is 5.43. The molecule has 0 saturated heterocycles. The molecule has 0 radical (unpaired) electrons. The summed E-state index contributed by atoms with van der Waals surface area (Å²) in [6, 6.07) is 5.79. The molecule has 1 aromatic rings. The van der Waals surface area contributed by atoms with Crippen LogP contribution in [0.15, 0.2) is 18.2 Å². The van der Waals surface area contributed by atoms with Gasteiger partial charge in [0.25, 0.3) is 0 Å². The van der Waals surface area contributed by atoms with E-state index in [4.69, 9.17) is 4.74 Å². The van der Waals surface area contributed by atoms with E-state index in [1.807, 2.05) is 6.07 Å². The van der Waals surface area contributed by atoms with Gasteiger partial charge in [-0.25, -0.2) is 0 Å². The highest BCUT2D eigenvalue weighted by Crippen LogP contribution is 2.29. The molecular formula is C13H17F2NO2. The van der Waals surface area contributed by atoms with E-state index in [2.05, 4.69) is 10.1 Å². The molecule has 0 amide bonds. The van der Waals surface area contributed by atoms with Gasteiger partial charge in [-0.3, -0.25) is 0 Å². The Kier molecular flexibility index (Phi) is 4.36. The van der Waals surface area contributed by atoms with Crippen molar-refractivity contribution >= 4 is 0 Å². The van der Waals surface area contributed by atoms with Crippen molar-refractivity contribution in [2.75, 3.05) is 13.7 Å². The number of hydrogen-bond donors (Lipinski definition) is 1. The van der Waals surface area contributed by atoms with Crippen molar-refractivity contribution in [2.45, 2.75) is 31.9 Å². The standard InChI is InChI=1S/C13H17F2NO2/c1-17-11-5-2-9(6-7-16-10-3-4-10)8-12(11)18-13(14)15/h2,5,8,10,13,16H,3-4,6-7H2,1H3. The quantitative estimate of drug-likeness (QED) is 0.814. The van der Waals surface area contributed by atoms with E-state index in [0.717, 1.165) is 18.5 Å². The highest BCUT2D eigenvalue weighted by Gasteiger charge is 2.19. The molecule has 100 valence electrons. The van der Waals surface area contributed by atoms with Crippen LogP contribution in [0.3, 0.4) is 0 Å². The summed E-state index contributed by atoms with van der Waals surface area (Å²) in [5.74, 6) is 0.422. The van der Waals surface area contributed by atoms with Crippen molar-refractivity contribution in [2.24, 2.45) is 0 Å². The van der Waals surface area contributed by atoms with Crippen LogP contribution in [-0.4, -0.2) is 26.3 Å². The minimum Gasteiger partial charge on any atom is -0.493 e. The maximum atomic E-state index is 12.2. The van der Waals surface area contributed by atoms with Crippen LogP contribution in [0, 0.1) is 0 Å². The average Bonchev–Trinajstić information content (AvgIpc) is 3.13. The second kappa shape index (κ2) is 6.00. The van der Waals surface area contributed by atoms with E-state index in [0.29, 0.717) is 11.8 Å². The molecule has 1 aromatic carbocycles. The molecule has 1 aliphatic rings. The number of nitrogens with one attached hydrogen (secondary N) is 1. The van der Waals surface area contributed by atoms with E-state index in [-0.39, 0.29) is 5.75 Å². The molecule has 18 heavy (non-hydrogen) atoms. The minimum absolute atomic E-state index is 0.0939. The number of benzene rings is 1. The fourth-order valence-corrected chi connectivity index (χ4v) is 1.77. The Balaban J connectivity index is 1.96. The first kappa shape index (κ1) is 13.1. The molecule has 2 rings (SSSR count). The van der Waals surface area contributed by atoms with Crippen molar-refractivity contribution in [3.8, 4) is 11.5 Å². The first-order valence-corrected chi connectivity index (χ1v) is 6.04. The minimum atomic E-state index is -2.83. The average molecular weight is 257 g/mol. The monoisotopic (exact) mass is 257 g/mol. The lowest BCUT2D eigenvalue weighted by atomic mass is 10.1. The van der Waals surface area contributed by atoms with Crippen molar-refractivity contribution < 1.29 is 18.3 Å². The van der Waals surface area contributed by atoms with Gasteiger partial charge in [0.05, 0.1) is 7.11 Å². The zero-order valence-electron chi connectivity index (χ0n) is 10.3. The van der Waals surface area contributed by atoms with Crippen LogP contribution in [0.5, 0.6) is 11.5 Å². The number of ether oxygens (including phenoxy) is 2. The predicted octanol–water partition coefficient (Wildman–Crippen LogP) is 2.59. The molecule has 1 aliphatic carbocycles. The maximum Gasteiger partial charge on any atom is 0.387 e. The summed E-state index contributed by atoms with van der Waals surface area (Å²) in [5, 5.41) is 3.37. The van der Waals surface area contributed by atoms with Crippen LogP contribution in [-0.2, 0) is 6.42 Å². The molecule has 0 aliphatic heterocycles. The molecule has 1 saturated carbocycles. The predicted molar refractivity (Wildman–Crippen MR) is 64.4 cm³/mol. The zero-order valence-corrected chi connectivity index (χ0v) is 10.3. The van der Waals surface area contributed by atoms with Gasteiger partial charge in [-0.2, -0.15) is 8.78 Å². The Morgan fingerprint density at radius 3 is 2.72 bits per heavy atom. The lowest BCUT2D eigenvalue weighted by Crippen LogP contribution is -2.19. The summed E-state index contributed by atoms with van der Waals surface area (Å²) in [7, 11) is 1.43. The smallest absolute Gasteiger partial charge is 0.387 e. The molecule has 0 aromatic heterocycles. The zero-order chi connectivity index (χ0) is 13.0. The van der Waals surface area contributed by atoms with Crippen molar-refractivity contribution in [1.29, 1.82) is 0 Å². The van der Waals surface area contributed by atoms with Gasteiger partial charge in [-0.05, 0) is 43.5 Å². The van der Waals surface area contributed by atoms with E-state index in [1.165, 1.54) is 20.0 Å². The van der Waals surface area contributed by atoms with Gasteiger partial charge in [-0.15, -0.1) is 0 Å². The Bertz CT molecular complexity index is 395. The van der Waals surface area contributed by atoms with E-state index in [9.17, 15) is 8.78 Å². The van der Waals surface area contributed by atoms with Crippen LogP contribution in [0.25, 0.3) is 0 Å². The number of hydrogen-bond acceptors (Lipinski definition) is 3. The van der Waals surface area contributed by atoms with Crippen LogP contribution < -0.4 is 14.8 Å². The summed E-state index contributed by atoms with van der Waals surface area (Å²) < 4.78 is 33.9. The first-order valence-electron chi connectivity index (χ1n) is 6.04. The van der Waals surface area contributed by atoms with E-state index < -0.39 is 6.61 Å². The number of alkyl halides is 2. The normalized spacial score (nSPS) is 14.9. The number of methoxy groups -OCH3 is 1. The van der Waals surface area contributed by atoms with Crippen LogP contribution in [0.1, 0.15) is 18.4 Å². The third kappa shape index (κ3) is 3.84. The Labute approximate surface area is 105 Å². The molecule has 0 spiro atoms. The second-order valence-corrected chi connectivity index (χ2v) is 4.34. The SMILES string of the molecule is COc1ccc(CCNC2CC2)cc1OC(F)F. The molecule has 0 unspecified atom stereocenters. The summed E-state index contributed by atoms with van der Waals surface area (Å²) in [4.78, 5) is 0. The van der Waals surface area contributed by atoms with Crippen LogP contribution in [0.2, 0.25) is 0 Å². The van der Waals surface area contributed by atoms with Crippen LogP contribution >= 0.6 is 0 Å². The largest absolute Gasteiger partial charge is 0.493 e. The topological polar surface area (TPSA) is 30.5 Å². The third-order valence-electron chi connectivity index (χ3n) is 2.87. The summed E-state index contributed by atoms with van der Waals surface area (Å²) >= 11 is 0. The second-order valence-electron chi connectivity index (χ2n) is 4.34. The summed E-state index contributed by atoms with van der Waals surface area (Å²) in [5.41, 5.74) is 0.958. The highest BCUT2D eigenvalue weighted by atomic mass is 19.3. The fourth-order valence-electron chi connectivity index (χ4n) is 1.77. The van der Waals surface area contributed by atoms with Gasteiger partial charge < -0.3 is 14.8 Å². The lowest BCUT2D eigenvalue weighted by Gasteiger charge is -2.11. The number of rotatable bonds is 7. The van der Waals surface area contributed by atoms with Gasteiger partial charge in [-0.1, -0.05) is 6.07 Å². The van der Waals surface area contributed by atoms with E-state index >= 15 is 0 Å². The maximum absolute atomic E-state index is 12.2. The molecule has 0 atom stereocenters. The van der Waals surface area contributed by atoms with Crippen LogP contribution in [0.4, 0.5) is 8.78 Å². The lowest BCUT2D eigenvalue weighted by molar-refractivity contribution is -0.0512. The molecule has 5 heteroatoms.